The maximum atomic E-state index is 13.2. The third-order valence-electron chi connectivity index (χ3n) is 5.75. The summed E-state index contributed by atoms with van der Waals surface area (Å²) in [5.41, 5.74) is -1.23. The van der Waals surface area contributed by atoms with E-state index in [1.54, 1.807) is 18.3 Å². The number of rotatable bonds is 7. The lowest BCUT2D eigenvalue weighted by molar-refractivity contribution is 0.0981. The summed E-state index contributed by atoms with van der Waals surface area (Å²) in [4.78, 5) is 37.8. The van der Waals surface area contributed by atoms with Crippen LogP contribution in [0, 0.1) is 5.92 Å². The fourth-order valence-corrected chi connectivity index (χ4v) is 5.36. The SMILES string of the molecule is CC(C)Oc1ccn(-c2ccc(C(=O)NS(=O)(=O)c3ncc[nH]c3=O)c(N3C[C@@H](C)CC3(C)C)n2)n1. The fraction of sp³-hybridized carbons (Fsp3) is 0.435. The first kappa shape index (κ1) is 25.4. The molecule has 0 bridgehead atoms. The minimum Gasteiger partial charge on any atom is -0.474 e. The molecule has 1 fully saturated rings. The Hall–Kier alpha value is -3.74. The number of H-pyrrole nitrogens is 1. The fourth-order valence-electron chi connectivity index (χ4n) is 4.40. The number of aromatic nitrogens is 5. The molecular formula is C23H29N7O5S. The molecule has 4 heterocycles. The molecule has 1 aliphatic rings. The predicted molar refractivity (Wildman–Crippen MR) is 132 cm³/mol. The molecule has 1 aliphatic heterocycles. The van der Waals surface area contributed by atoms with Crippen molar-refractivity contribution < 1.29 is 17.9 Å². The normalized spacial score (nSPS) is 17.4. The Bertz CT molecular complexity index is 1440. The van der Waals surface area contributed by atoms with Crippen LogP contribution in [0.2, 0.25) is 0 Å². The number of nitrogens with zero attached hydrogens (tertiary/aromatic N) is 5. The van der Waals surface area contributed by atoms with Gasteiger partial charge in [0, 0.05) is 36.7 Å². The summed E-state index contributed by atoms with van der Waals surface area (Å²) >= 11 is 0. The van der Waals surface area contributed by atoms with Crippen LogP contribution < -0.4 is 19.9 Å². The van der Waals surface area contributed by atoms with Crippen molar-refractivity contribution in [3.05, 3.63) is 52.7 Å². The molecule has 36 heavy (non-hydrogen) atoms. The number of hydrogen-bond donors (Lipinski definition) is 2. The lowest BCUT2D eigenvalue weighted by Crippen LogP contribution is -2.41. The number of nitrogens with one attached hydrogen (secondary N) is 2. The van der Waals surface area contributed by atoms with Gasteiger partial charge in [-0.25, -0.2) is 19.4 Å². The minimum atomic E-state index is -4.52. The molecule has 2 N–H and O–H groups in total. The van der Waals surface area contributed by atoms with E-state index in [0.717, 1.165) is 12.6 Å². The van der Waals surface area contributed by atoms with E-state index < -0.39 is 26.5 Å². The molecular weight excluding hydrogens is 486 g/mol. The van der Waals surface area contributed by atoms with Crippen LogP contribution in [0.15, 0.2) is 46.6 Å². The second-order valence-corrected chi connectivity index (χ2v) is 11.3. The molecule has 192 valence electrons. The first-order valence-electron chi connectivity index (χ1n) is 11.5. The highest BCUT2D eigenvalue weighted by atomic mass is 32.2. The van der Waals surface area contributed by atoms with Crippen molar-refractivity contribution in [3.8, 4) is 11.7 Å². The molecule has 1 amide bonds. The van der Waals surface area contributed by atoms with E-state index >= 15 is 0 Å². The smallest absolute Gasteiger partial charge is 0.287 e. The summed E-state index contributed by atoms with van der Waals surface area (Å²) in [5.74, 6) is 0.574. The number of amides is 1. The van der Waals surface area contributed by atoms with Crippen LogP contribution in [0.25, 0.3) is 5.82 Å². The molecule has 3 aromatic rings. The standard InChI is InChI=1S/C23H29N7O5S/c1-14(2)35-18-8-11-30(27-18)17-7-6-16(19(26-17)29-13-15(3)12-23(29,4)5)20(31)28-36(33,34)22-21(32)24-9-10-25-22/h6-11,14-15H,12-13H2,1-5H3,(H,24,32)(H,28,31)/t15-/m0/s1. The summed E-state index contributed by atoms with van der Waals surface area (Å²) in [5, 5.41) is 3.60. The summed E-state index contributed by atoms with van der Waals surface area (Å²) < 4.78 is 34.6. The third kappa shape index (κ3) is 5.10. The van der Waals surface area contributed by atoms with Gasteiger partial charge in [0.1, 0.15) is 5.82 Å². The van der Waals surface area contributed by atoms with E-state index in [1.165, 1.54) is 16.9 Å². The summed E-state index contributed by atoms with van der Waals surface area (Å²) in [6.45, 7) is 10.6. The Morgan fingerprint density at radius 2 is 2.03 bits per heavy atom. The molecule has 4 rings (SSSR count). The Kier molecular flexibility index (Phi) is 6.60. The first-order chi connectivity index (χ1) is 16.9. The number of carbonyl (C=O) groups excluding carboxylic acids is 1. The molecule has 0 aliphatic carbocycles. The zero-order chi connectivity index (χ0) is 26.3. The van der Waals surface area contributed by atoms with Crippen LogP contribution in [-0.4, -0.2) is 57.2 Å². The molecule has 0 radical (unpaired) electrons. The van der Waals surface area contributed by atoms with Crippen molar-refractivity contribution in [1.82, 2.24) is 29.5 Å². The molecule has 1 saturated heterocycles. The average Bonchev–Trinajstić information content (AvgIpc) is 3.35. The van der Waals surface area contributed by atoms with Gasteiger partial charge in [-0.3, -0.25) is 9.59 Å². The van der Waals surface area contributed by atoms with Gasteiger partial charge in [-0.05, 0) is 52.2 Å². The number of carbonyl (C=O) groups is 1. The van der Waals surface area contributed by atoms with Gasteiger partial charge >= 0.3 is 0 Å². The van der Waals surface area contributed by atoms with Crippen molar-refractivity contribution in [2.75, 3.05) is 11.4 Å². The quantitative estimate of drug-likeness (QED) is 0.480. The van der Waals surface area contributed by atoms with E-state index in [1.807, 2.05) is 37.3 Å². The predicted octanol–water partition coefficient (Wildman–Crippen LogP) is 1.88. The second-order valence-electron chi connectivity index (χ2n) is 9.70. The van der Waals surface area contributed by atoms with Gasteiger partial charge in [0.05, 0.1) is 11.7 Å². The first-order valence-corrected chi connectivity index (χ1v) is 13.0. The number of pyridine rings is 1. The van der Waals surface area contributed by atoms with Crippen molar-refractivity contribution in [2.45, 2.75) is 57.7 Å². The van der Waals surface area contributed by atoms with Crippen LogP contribution in [-0.2, 0) is 10.0 Å². The minimum absolute atomic E-state index is 0.0441. The van der Waals surface area contributed by atoms with Gasteiger partial charge in [0.25, 0.3) is 21.5 Å². The highest BCUT2D eigenvalue weighted by molar-refractivity contribution is 7.90. The highest BCUT2D eigenvalue weighted by Gasteiger charge is 2.39. The topological polar surface area (TPSA) is 152 Å². The number of anilines is 1. The zero-order valence-electron chi connectivity index (χ0n) is 20.7. The lowest BCUT2D eigenvalue weighted by atomic mass is 9.97. The van der Waals surface area contributed by atoms with Crippen molar-refractivity contribution in [1.29, 1.82) is 0 Å². The molecule has 0 saturated carbocycles. The van der Waals surface area contributed by atoms with Crippen LogP contribution in [0.3, 0.4) is 0 Å². The van der Waals surface area contributed by atoms with E-state index in [9.17, 15) is 18.0 Å². The third-order valence-corrected chi connectivity index (χ3v) is 7.00. The number of sulfonamides is 1. The van der Waals surface area contributed by atoms with E-state index in [2.05, 4.69) is 22.0 Å². The average molecular weight is 516 g/mol. The number of ether oxygens (including phenoxy) is 1. The largest absolute Gasteiger partial charge is 0.474 e. The Labute approximate surface area is 208 Å². The molecule has 3 aromatic heterocycles. The van der Waals surface area contributed by atoms with E-state index in [4.69, 9.17) is 9.72 Å². The summed E-state index contributed by atoms with van der Waals surface area (Å²) in [7, 11) is -4.52. The zero-order valence-corrected chi connectivity index (χ0v) is 21.5. The van der Waals surface area contributed by atoms with Crippen molar-refractivity contribution in [2.24, 2.45) is 5.92 Å². The van der Waals surface area contributed by atoms with Gasteiger partial charge in [0.2, 0.25) is 10.9 Å². The Balaban J connectivity index is 1.75. The summed E-state index contributed by atoms with van der Waals surface area (Å²) in [6.07, 6.45) is 4.82. The Morgan fingerprint density at radius 3 is 2.67 bits per heavy atom. The molecule has 0 spiro atoms. The lowest BCUT2D eigenvalue weighted by Gasteiger charge is -2.34. The van der Waals surface area contributed by atoms with Gasteiger partial charge < -0.3 is 14.6 Å². The van der Waals surface area contributed by atoms with E-state index in [-0.39, 0.29) is 17.2 Å². The molecule has 12 nitrogen and oxygen atoms in total. The number of aromatic amines is 1. The van der Waals surface area contributed by atoms with Crippen molar-refractivity contribution in [3.63, 3.8) is 0 Å². The van der Waals surface area contributed by atoms with Gasteiger partial charge in [-0.1, -0.05) is 6.92 Å². The second kappa shape index (κ2) is 9.37. The maximum absolute atomic E-state index is 13.2. The van der Waals surface area contributed by atoms with Gasteiger partial charge in [-0.2, -0.15) is 8.42 Å². The molecule has 1 atom stereocenters. The molecule has 0 aromatic carbocycles. The van der Waals surface area contributed by atoms with E-state index in [0.29, 0.717) is 30.0 Å². The van der Waals surface area contributed by atoms with Crippen LogP contribution in [0.4, 0.5) is 5.82 Å². The van der Waals surface area contributed by atoms with Crippen LogP contribution in [0.1, 0.15) is 51.4 Å². The van der Waals surface area contributed by atoms with Gasteiger partial charge in [0.15, 0.2) is 5.82 Å². The molecule has 0 unspecified atom stereocenters. The van der Waals surface area contributed by atoms with Crippen LogP contribution in [0.5, 0.6) is 5.88 Å². The monoisotopic (exact) mass is 515 g/mol. The summed E-state index contributed by atoms with van der Waals surface area (Å²) in [6, 6.07) is 4.77. The Morgan fingerprint density at radius 1 is 1.28 bits per heavy atom. The maximum Gasteiger partial charge on any atom is 0.287 e. The molecule has 13 heteroatoms. The van der Waals surface area contributed by atoms with Gasteiger partial charge in [-0.15, -0.1) is 5.10 Å². The number of hydrogen-bond acceptors (Lipinski definition) is 9. The van der Waals surface area contributed by atoms with Crippen molar-refractivity contribution >= 4 is 21.7 Å². The highest BCUT2D eigenvalue weighted by Crippen LogP contribution is 2.37. The van der Waals surface area contributed by atoms with Crippen LogP contribution >= 0.6 is 0 Å².